The number of aliphatic hydroxyl groups excluding tert-OH is 1. The summed E-state index contributed by atoms with van der Waals surface area (Å²) in [6.07, 6.45) is 78.5. The molecule has 3 N–H and O–H groups in total. The van der Waals surface area contributed by atoms with Gasteiger partial charge in [0.1, 0.15) is 19.3 Å². The molecule has 0 radical (unpaired) electrons. The minimum absolute atomic E-state index is 0.0188. The summed E-state index contributed by atoms with van der Waals surface area (Å²) < 4.78 is 68.6. The first-order valence-corrected chi connectivity index (χ1v) is 43.8. The van der Waals surface area contributed by atoms with E-state index in [0.717, 1.165) is 141 Å². The Morgan fingerprint density at radius 2 is 0.490 bits per heavy atom. The van der Waals surface area contributed by atoms with E-state index >= 15 is 0 Å². The molecule has 0 aromatic rings. The maximum Gasteiger partial charge on any atom is 0.472 e. The molecule has 0 rings (SSSR count). The van der Waals surface area contributed by atoms with Crippen LogP contribution in [0, 0.1) is 0 Å². The van der Waals surface area contributed by atoms with Crippen molar-refractivity contribution in [1.82, 2.24) is 0 Å². The first kappa shape index (κ1) is 98.2. The molecule has 0 heterocycles. The molecule has 19 heteroatoms. The molecule has 0 aliphatic heterocycles. The lowest BCUT2D eigenvalue weighted by molar-refractivity contribution is -0.161. The number of rotatable bonds is 77. The number of phosphoric ester groups is 2. The van der Waals surface area contributed by atoms with E-state index in [1.807, 2.05) is 12.2 Å². The van der Waals surface area contributed by atoms with Gasteiger partial charge in [-0.3, -0.25) is 37.3 Å². The number of ether oxygens (including phenoxy) is 4. The third kappa shape index (κ3) is 74.5. The molecular weight excluding hydrogens is 1330 g/mol. The molecule has 0 spiro atoms. The van der Waals surface area contributed by atoms with Crippen LogP contribution in [-0.2, 0) is 65.4 Å². The maximum atomic E-state index is 13.1. The molecule has 0 saturated heterocycles. The summed E-state index contributed by atoms with van der Waals surface area (Å²) in [6, 6.07) is 0. The fraction of sp³-hybridized carbons (Fsp3) is 0.783. The third-order valence-electron chi connectivity index (χ3n) is 17.3. The molecule has 0 amide bonds. The van der Waals surface area contributed by atoms with E-state index in [-0.39, 0.29) is 25.7 Å². The summed E-state index contributed by atoms with van der Waals surface area (Å²) in [7, 11) is -9.97. The highest BCUT2D eigenvalue weighted by molar-refractivity contribution is 7.47. The predicted octanol–water partition coefficient (Wildman–Crippen LogP) is 23.8. The van der Waals surface area contributed by atoms with E-state index in [4.69, 9.17) is 37.0 Å². The van der Waals surface area contributed by atoms with Crippen molar-refractivity contribution >= 4 is 39.5 Å². The number of carbonyl (C=O) groups excluding carboxylic acids is 4. The van der Waals surface area contributed by atoms with E-state index in [1.54, 1.807) is 0 Å². The molecule has 2 unspecified atom stereocenters. The summed E-state index contributed by atoms with van der Waals surface area (Å²) in [4.78, 5) is 73.0. The van der Waals surface area contributed by atoms with Crippen LogP contribution in [0.2, 0.25) is 0 Å². The number of hydrogen-bond donors (Lipinski definition) is 3. The second-order valence-corrected chi connectivity index (χ2v) is 30.3. The summed E-state index contributed by atoms with van der Waals surface area (Å²) in [5.74, 6) is -2.25. The Balaban J connectivity index is 5.41. The van der Waals surface area contributed by atoms with Crippen LogP contribution in [0.1, 0.15) is 362 Å². The van der Waals surface area contributed by atoms with E-state index in [1.165, 1.54) is 135 Å². The van der Waals surface area contributed by atoms with Gasteiger partial charge in [-0.05, 0) is 141 Å². The smallest absolute Gasteiger partial charge is 0.462 e. The second-order valence-electron chi connectivity index (χ2n) is 27.3. The SMILES string of the molecule is CCCCC/C=C\C/C=C\C/C=C\C/C=C\CCCC(=O)O[C@H](COC(=O)CCCCCCC/C=C\CCCCCCCC)COP(=O)(O)OC[C@H](O)COP(=O)(O)OC[C@@H](COC(=O)CCCCCCC/C=C\CCCCCCCC)OC(=O)CCCCCCC/C=C\CCCCCCCC. The lowest BCUT2D eigenvalue weighted by atomic mass is 10.1. The number of hydrogen-bond acceptors (Lipinski definition) is 15. The van der Waals surface area contributed by atoms with E-state index in [2.05, 4.69) is 101 Å². The van der Waals surface area contributed by atoms with Crippen molar-refractivity contribution in [3.8, 4) is 0 Å². The van der Waals surface area contributed by atoms with Gasteiger partial charge in [0.25, 0.3) is 0 Å². The predicted molar refractivity (Wildman–Crippen MR) is 418 cm³/mol. The van der Waals surface area contributed by atoms with Crippen LogP contribution in [0.5, 0.6) is 0 Å². The summed E-state index contributed by atoms with van der Waals surface area (Å²) >= 11 is 0. The molecule has 17 nitrogen and oxygen atoms in total. The Morgan fingerprint density at radius 3 is 0.804 bits per heavy atom. The van der Waals surface area contributed by atoms with E-state index in [9.17, 15) is 43.2 Å². The largest absolute Gasteiger partial charge is 0.472 e. The molecule has 102 heavy (non-hydrogen) atoms. The van der Waals surface area contributed by atoms with Crippen LogP contribution in [0.15, 0.2) is 85.1 Å². The third-order valence-corrected chi connectivity index (χ3v) is 19.2. The minimum Gasteiger partial charge on any atom is -0.462 e. The van der Waals surface area contributed by atoms with Gasteiger partial charge in [0.15, 0.2) is 12.2 Å². The first-order valence-electron chi connectivity index (χ1n) is 40.8. The van der Waals surface area contributed by atoms with Gasteiger partial charge < -0.3 is 33.8 Å². The van der Waals surface area contributed by atoms with Gasteiger partial charge in [0.05, 0.1) is 26.4 Å². The van der Waals surface area contributed by atoms with Crippen molar-refractivity contribution in [2.75, 3.05) is 39.6 Å². The standard InChI is InChI=1S/C83H148O17P2/c1-5-9-13-17-21-25-29-33-37-38-42-46-50-54-58-62-66-70-83(88)100-79(74-94-81(86)68-64-60-56-52-48-44-40-35-31-27-23-19-15-11-7-3)76-98-102(91,92)96-72-77(84)71-95-101(89,90)97-75-78(99-82(87)69-65-61-57-53-49-45-41-36-32-28-24-20-16-12-8-4)73-93-80(85)67-63-59-55-51-47-43-39-34-30-26-22-18-14-10-6-2/h21,25,33-37,39-42,46,54,58,77-79,84H,5-20,22-24,26-32,38,43-45,47-53,55-57,59-76H2,1-4H3,(H,89,90)(H,91,92)/b25-21-,37-33-,39-34-,40-35-,41-36-,46-42-,58-54-/t77-,78-,79-/m1/s1. The minimum atomic E-state index is -4.99. The zero-order valence-corrected chi connectivity index (χ0v) is 66.6. The van der Waals surface area contributed by atoms with Crippen molar-refractivity contribution < 1.29 is 80.2 Å². The zero-order valence-electron chi connectivity index (χ0n) is 64.8. The van der Waals surface area contributed by atoms with Crippen molar-refractivity contribution in [3.05, 3.63) is 85.1 Å². The van der Waals surface area contributed by atoms with Crippen LogP contribution in [0.3, 0.4) is 0 Å². The molecule has 5 atom stereocenters. The average Bonchev–Trinajstić information content (AvgIpc) is 0.917. The van der Waals surface area contributed by atoms with Gasteiger partial charge in [-0.1, -0.05) is 280 Å². The van der Waals surface area contributed by atoms with Crippen LogP contribution < -0.4 is 0 Å². The van der Waals surface area contributed by atoms with Gasteiger partial charge in [0, 0.05) is 25.7 Å². The van der Waals surface area contributed by atoms with Gasteiger partial charge in [-0.15, -0.1) is 0 Å². The molecule has 0 aromatic heterocycles. The first-order chi connectivity index (χ1) is 49.7. The highest BCUT2D eigenvalue weighted by Gasteiger charge is 2.30. The van der Waals surface area contributed by atoms with Crippen molar-refractivity contribution in [2.24, 2.45) is 0 Å². The number of esters is 4. The second kappa shape index (κ2) is 75.5. The Bertz CT molecular complexity index is 2260. The fourth-order valence-electron chi connectivity index (χ4n) is 11.0. The Hall–Kier alpha value is -3.76. The summed E-state index contributed by atoms with van der Waals surface area (Å²) in [6.45, 7) is 4.79. The summed E-state index contributed by atoms with van der Waals surface area (Å²) in [5.41, 5.74) is 0. The topological polar surface area (TPSA) is 237 Å². The maximum absolute atomic E-state index is 13.1. The van der Waals surface area contributed by atoms with Crippen molar-refractivity contribution in [2.45, 2.75) is 380 Å². The fourth-order valence-corrected chi connectivity index (χ4v) is 12.6. The van der Waals surface area contributed by atoms with Crippen LogP contribution in [0.4, 0.5) is 0 Å². The van der Waals surface area contributed by atoms with Crippen LogP contribution in [-0.4, -0.2) is 96.7 Å². The summed E-state index contributed by atoms with van der Waals surface area (Å²) in [5, 5.41) is 10.6. The molecule has 0 saturated carbocycles. The molecule has 0 fully saturated rings. The quantitative estimate of drug-likeness (QED) is 0.0169. The van der Waals surface area contributed by atoms with Crippen molar-refractivity contribution in [3.63, 3.8) is 0 Å². The normalized spacial score (nSPS) is 14.3. The van der Waals surface area contributed by atoms with Gasteiger partial charge >= 0.3 is 39.5 Å². The lowest BCUT2D eigenvalue weighted by Crippen LogP contribution is -2.30. The van der Waals surface area contributed by atoms with Gasteiger partial charge in [0.2, 0.25) is 0 Å². The zero-order chi connectivity index (χ0) is 74.6. The number of allylic oxidation sites excluding steroid dienone is 14. The number of unbranched alkanes of at least 4 members (excludes halogenated alkanes) is 37. The van der Waals surface area contributed by atoms with Crippen LogP contribution in [0.25, 0.3) is 0 Å². The highest BCUT2D eigenvalue weighted by atomic mass is 31.2. The monoisotopic (exact) mass is 1480 g/mol. The Morgan fingerprint density at radius 1 is 0.275 bits per heavy atom. The molecule has 0 aliphatic rings. The van der Waals surface area contributed by atoms with Crippen LogP contribution >= 0.6 is 15.6 Å². The van der Waals surface area contributed by atoms with E-state index in [0.29, 0.717) is 32.1 Å². The molecular formula is C83H148O17P2. The van der Waals surface area contributed by atoms with Gasteiger partial charge in [-0.2, -0.15) is 0 Å². The van der Waals surface area contributed by atoms with Crippen molar-refractivity contribution in [1.29, 1.82) is 0 Å². The molecule has 0 bridgehead atoms. The highest BCUT2D eigenvalue weighted by Crippen LogP contribution is 2.45. The van der Waals surface area contributed by atoms with E-state index < -0.39 is 97.5 Å². The lowest BCUT2D eigenvalue weighted by Gasteiger charge is -2.21. The number of carbonyl (C=O) groups is 4. The Kier molecular flexibility index (Phi) is 72.7. The van der Waals surface area contributed by atoms with Gasteiger partial charge in [-0.25, -0.2) is 9.13 Å². The average molecular weight is 1480 g/mol. The number of phosphoric acid groups is 2. The number of aliphatic hydroxyl groups is 1. The molecule has 592 valence electrons. The molecule has 0 aromatic carbocycles. The molecule has 0 aliphatic carbocycles. The Labute approximate surface area is 621 Å².